The first kappa shape index (κ1) is 12.6. The predicted molar refractivity (Wildman–Crippen MR) is 80.7 cm³/mol. The molecule has 0 aliphatic rings. The van der Waals surface area contributed by atoms with Gasteiger partial charge in [0.25, 0.3) is 5.69 Å². The number of hydrogen-bond donors (Lipinski definition) is 1. The van der Waals surface area contributed by atoms with E-state index in [-0.39, 0.29) is 5.69 Å². The number of nitrogens with zero attached hydrogens (tertiary/aromatic N) is 2. The zero-order valence-electron chi connectivity index (χ0n) is 10.7. The van der Waals surface area contributed by atoms with Gasteiger partial charge in [-0.1, -0.05) is 17.4 Å². The number of rotatable bonds is 3. The number of aromatic nitrogens is 1. The summed E-state index contributed by atoms with van der Waals surface area (Å²) < 4.78 is 1.12. The molecule has 0 saturated heterocycles. The van der Waals surface area contributed by atoms with Crippen LogP contribution in [0.15, 0.2) is 42.5 Å². The van der Waals surface area contributed by atoms with Crippen molar-refractivity contribution in [2.45, 2.75) is 6.92 Å². The third-order valence-electron chi connectivity index (χ3n) is 2.87. The molecule has 0 amide bonds. The lowest BCUT2D eigenvalue weighted by Crippen LogP contribution is -1.91. The third-order valence-corrected chi connectivity index (χ3v) is 3.81. The number of nitro benzene ring substituents is 1. The smallest absolute Gasteiger partial charge is 0.269 e. The molecule has 2 aromatic carbocycles. The number of hydrogen-bond acceptors (Lipinski definition) is 5. The van der Waals surface area contributed by atoms with E-state index in [4.69, 9.17) is 0 Å². The average Bonchev–Trinajstić information content (AvgIpc) is 2.80. The van der Waals surface area contributed by atoms with Crippen LogP contribution in [-0.2, 0) is 0 Å². The fourth-order valence-corrected chi connectivity index (χ4v) is 2.86. The van der Waals surface area contributed by atoms with Crippen molar-refractivity contribution in [1.82, 2.24) is 4.98 Å². The Bertz CT molecular complexity index is 781. The van der Waals surface area contributed by atoms with Gasteiger partial charge in [0, 0.05) is 17.8 Å². The van der Waals surface area contributed by atoms with Crippen molar-refractivity contribution >= 4 is 38.1 Å². The molecule has 0 radical (unpaired) electrons. The highest BCUT2D eigenvalue weighted by atomic mass is 32.1. The summed E-state index contributed by atoms with van der Waals surface area (Å²) in [6.45, 7) is 2.04. The highest BCUT2D eigenvalue weighted by molar-refractivity contribution is 7.22. The number of anilines is 2. The highest BCUT2D eigenvalue weighted by Gasteiger charge is 2.06. The number of nitrogens with one attached hydrogen (secondary N) is 1. The van der Waals surface area contributed by atoms with E-state index in [1.807, 2.05) is 19.1 Å². The molecule has 1 N–H and O–H groups in total. The first-order valence-corrected chi connectivity index (χ1v) is 6.82. The number of thiazole rings is 1. The molecule has 0 aliphatic carbocycles. The molecular formula is C14H11N3O2S. The summed E-state index contributed by atoms with van der Waals surface area (Å²) in [5.74, 6) is 0. The number of nitro groups is 1. The fraction of sp³-hybridized carbons (Fsp3) is 0.0714. The molecule has 0 saturated carbocycles. The molecule has 0 atom stereocenters. The lowest BCUT2D eigenvalue weighted by molar-refractivity contribution is -0.384. The Hall–Kier alpha value is -2.47. The summed E-state index contributed by atoms with van der Waals surface area (Å²) in [5, 5.41) is 14.5. The number of fused-ring (bicyclic) bond motifs is 1. The maximum absolute atomic E-state index is 10.6. The summed E-state index contributed by atoms with van der Waals surface area (Å²) in [5.41, 5.74) is 3.01. The molecule has 1 aromatic heterocycles. The summed E-state index contributed by atoms with van der Waals surface area (Å²) in [4.78, 5) is 14.7. The van der Waals surface area contributed by atoms with Gasteiger partial charge < -0.3 is 5.32 Å². The quantitative estimate of drug-likeness (QED) is 0.576. The van der Waals surface area contributed by atoms with Crippen LogP contribution in [0, 0.1) is 17.0 Å². The van der Waals surface area contributed by atoms with Crippen LogP contribution in [0.2, 0.25) is 0 Å². The molecule has 0 bridgehead atoms. The fourth-order valence-electron chi connectivity index (χ4n) is 1.88. The number of benzene rings is 2. The molecule has 100 valence electrons. The average molecular weight is 285 g/mol. The monoisotopic (exact) mass is 285 g/mol. The van der Waals surface area contributed by atoms with E-state index < -0.39 is 4.92 Å². The molecule has 0 spiro atoms. The Balaban J connectivity index is 1.87. The minimum absolute atomic E-state index is 0.0791. The summed E-state index contributed by atoms with van der Waals surface area (Å²) in [6, 6.07) is 12.4. The van der Waals surface area contributed by atoms with Gasteiger partial charge >= 0.3 is 0 Å². The van der Waals surface area contributed by atoms with Gasteiger partial charge in [0.05, 0.1) is 15.1 Å². The van der Waals surface area contributed by atoms with Gasteiger partial charge in [-0.15, -0.1) is 0 Å². The molecule has 20 heavy (non-hydrogen) atoms. The molecule has 0 aliphatic heterocycles. The van der Waals surface area contributed by atoms with Crippen LogP contribution in [0.3, 0.4) is 0 Å². The zero-order chi connectivity index (χ0) is 14.1. The van der Waals surface area contributed by atoms with Crippen LogP contribution in [0.25, 0.3) is 10.2 Å². The molecule has 3 aromatic rings. The molecule has 6 heteroatoms. The van der Waals surface area contributed by atoms with E-state index in [0.717, 1.165) is 21.0 Å². The molecular weight excluding hydrogens is 274 g/mol. The number of non-ortho nitro benzene ring substituents is 1. The predicted octanol–water partition coefficient (Wildman–Crippen LogP) is 4.26. The van der Waals surface area contributed by atoms with Gasteiger partial charge in [-0.2, -0.15) is 0 Å². The van der Waals surface area contributed by atoms with Crippen LogP contribution >= 0.6 is 11.3 Å². The second kappa shape index (κ2) is 4.90. The Morgan fingerprint density at radius 3 is 2.65 bits per heavy atom. The van der Waals surface area contributed by atoms with E-state index >= 15 is 0 Å². The summed E-state index contributed by atoms with van der Waals surface area (Å²) in [6.07, 6.45) is 0. The van der Waals surface area contributed by atoms with Gasteiger partial charge in [-0.3, -0.25) is 10.1 Å². The van der Waals surface area contributed by atoms with Crippen LogP contribution < -0.4 is 5.32 Å². The second-order valence-corrected chi connectivity index (χ2v) is 5.45. The van der Waals surface area contributed by atoms with Crippen molar-refractivity contribution in [2.24, 2.45) is 0 Å². The first-order valence-electron chi connectivity index (χ1n) is 6.00. The van der Waals surface area contributed by atoms with Crippen molar-refractivity contribution in [3.8, 4) is 0 Å². The topological polar surface area (TPSA) is 68.1 Å². The lowest BCUT2D eigenvalue weighted by Gasteiger charge is -2.00. The van der Waals surface area contributed by atoms with Crippen LogP contribution in [-0.4, -0.2) is 9.91 Å². The van der Waals surface area contributed by atoms with Crippen molar-refractivity contribution in [1.29, 1.82) is 0 Å². The second-order valence-electron chi connectivity index (χ2n) is 4.42. The SMILES string of the molecule is Cc1ccc2nc(Nc3ccc([N+](=O)[O-])cc3)sc2c1. The summed E-state index contributed by atoms with van der Waals surface area (Å²) >= 11 is 1.56. The van der Waals surface area contributed by atoms with Gasteiger partial charge in [-0.25, -0.2) is 4.98 Å². The molecule has 1 heterocycles. The van der Waals surface area contributed by atoms with Crippen molar-refractivity contribution < 1.29 is 4.92 Å². The number of aryl methyl sites for hydroxylation is 1. The van der Waals surface area contributed by atoms with Gasteiger partial charge in [0.2, 0.25) is 0 Å². The first-order chi connectivity index (χ1) is 9.61. The minimum Gasteiger partial charge on any atom is -0.332 e. The Labute approximate surface area is 119 Å². The van der Waals surface area contributed by atoms with E-state index in [0.29, 0.717) is 0 Å². The molecule has 5 nitrogen and oxygen atoms in total. The Morgan fingerprint density at radius 1 is 1.20 bits per heavy atom. The third kappa shape index (κ3) is 2.46. The normalized spacial score (nSPS) is 10.7. The van der Waals surface area contributed by atoms with E-state index in [1.165, 1.54) is 17.7 Å². The van der Waals surface area contributed by atoms with E-state index in [1.54, 1.807) is 23.5 Å². The zero-order valence-corrected chi connectivity index (χ0v) is 11.5. The Morgan fingerprint density at radius 2 is 1.95 bits per heavy atom. The maximum atomic E-state index is 10.6. The molecule has 0 fully saturated rings. The van der Waals surface area contributed by atoms with Crippen LogP contribution in [0.4, 0.5) is 16.5 Å². The van der Waals surface area contributed by atoms with Crippen molar-refractivity contribution in [2.75, 3.05) is 5.32 Å². The minimum atomic E-state index is -0.412. The largest absolute Gasteiger partial charge is 0.332 e. The van der Waals surface area contributed by atoms with Gasteiger partial charge in [0.15, 0.2) is 5.13 Å². The van der Waals surface area contributed by atoms with Gasteiger partial charge in [0.1, 0.15) is 0 Å². The van der Waals surface area contributed by atoms with Gasteiger partial charge in [-0.05, 0) is 36.8 Å². The highest BCUT2D eigenvalue weighted by Crippen LogP contribution is 2.29. The van der Waals surface area contributed by atoms with E-state index in [2.05, 4.69) is 16.4 Å². The van der Waals surface area contributed by atoms with E-state index in [9.17, 15) is 10.1 Å². The Kier molecular flexibility index (Phi) is 3.08. The van der Waals surface area contributed by atoms with Crippen molar-refractivity contribution in [3.63, 3.8) is 0 Å². The van der Waals surface area contributed by atoms with Crippen LogP contribution in [0.1, 0.15) is 5.56 Å². The standard InChI is InChI=1S/C14H11N3O2S/c1-9-2-7-12-13(8-9)20-14(16-12)15-10-3-5-11(6-4-10)17(18)19/h2-8H,1H3,(H,15,16). The van der Waals surface area contributed by atoms with Crippen molar-refractivity contribution in [3.05, 3.63) is 58.1 Å². The summed E-state index contributed by atoms with van der Waals surface area (Å²) in [7, 11) is 0. The molecule has 0 unspecified atom stereocenters. The lowest BCUT2D eigenvalue weighted by atomic mass is 10.2. The molecule has 3 rings (SSSR count). The maximum Gasteiger partial charge on any atom is 0.269 e. The van der Waals surface area contributed by atoms with Crippen LogP contribution in [0.5, 0.6) is 0 Å².